The first kappa shape index (κ1) is 31.1. The van der Waals surface area contributed by atoms with Gasteiger partial charge < -0.3 is 31.4 Å². The Morgan fingerprint density at radius 1 is 0.727 bits per heavy atom. The molecule has 0 saturated heterocycles. The van der Waals surface area contributed by atoms with Crippen LogP contribution in [0.4, 0.5) is 0 Å². The maximum Gasteiger partial charge on any atom is 0.351 e. The zero-order chi connectivity index (χ0) is 25.6. The molecule has 1 aromatic rings. The lowest BCUT2D eigenvalue weighted by atomic mass is 10.4. The van der Waals surface area contributed by atoms with E-state index in [2.05, 4.69) is 77.6 Å². The van der Waals surface area contributed by atoms with Crippen LogP contribution in [0.25, 0.3) is 0 Å². The van der Waals surface area contributed by atoms with Gasteiger partial charge in [-0.15, -0.1) is 0 Å². The minimum absolute atomic E-state index is 0.0958. The van der Waals surface area contributed by atoms with Crippen LogP contribution in [0.5, 0.6) is 0 Å². The highest BCUT2D eigenvalue weighted by atomic mass is 28.5. The molecule has 0 aromatic heterocycles. The lowest BCUT2D eigenvalue weighted by molar-refractivity contribution is -0.0945. The number of rotatable bonds is 15. The number of aliphatic hydroxyl groups is 2. The van der Waals surface area contributed by atoms with Gasteiger partial charge in [0.05, 0.1) is 6.61 Å². The van der Waals surface area contributed by atoms with E-state index in [1.165, 1.54) is 0 Å². The summed E-state index contributed by atoms with van der Waals surface area (Å²) in [5.74, 6) is 0. The average Bonchev–Trinajstić information content (AvgIpc) is 2.57. The number of hydrogen-bond donors (Lipinski definition) is 2. The van der Waals surface area contributed by atoms with E-state index >= 15 is 0 Å². The van der Waals surface area contributed by atoms with Crippen LogP contribution in [0.1, 0.15) is 6.42 Å². The van der Waals surface area contributed by atoms with Gasteiger partial charge in [-0.2, -0.15) is 0 Å². The predicted octanol–water partition coefficient (Wildman–Crippen LogP) is 4.19. The summed E-state index contributed by atoms with van der Waals surface area (Å²) in [6.07, 6.45) is -0.741. The summed E-state index contributed by atoms with van der Waals surface area (Å²) in [4.78, 5) is 0. The number of ether oxygens (including phenoxy) is 1. The van der Waals surface area contributed by atoms with Crippen molar-refractivity contribution >= 4 is 47.5 Å². The molecule has 0 aliphatic carbocycles. The minimum atomic E-state index is -2.89. The summed E-state index contributed by atoms with van der Waals surface area (Å²) in [5, 5.41) is 19.1. The minimum Gasteiger partial charge on any atom is -0.437 e. The molecule has 2 unspecified atom stereocenters. The Labute approximate surface area is 206 Å². The van der Waals surface area contributed by atoms with Crippen molar-refractivity contribution in [2.75, 3.05) is 13.2 Å². The second-order valence-corrected chi connectivity index (χ2v) is 30.9. The van der Waals surface area contributed by atoms with Crippen LogP contribution in [0.15, 0.2) is 30.3 Å². The standard InChI is InChI=1S/C21H46O7Si5/c1-29(2,3)25-31(7,8)27-33(10,20-15-12-11-13-16-20)28-32(9,26-30(4,5)6)18-14-17-24-19-21(22)23/h11-13,15-16,21-23H,14,17-19H2,1-10H3. The maximum absolute atomic E-state index is 9.01. The van der Waals surface area contributed by atoms with Crippen molar-refractivity contribution in [3.05, 3.63) is 30.3 Å². The van der Waals surface area contributed by atoms with Gasteiger partial charge in [0.1, 0.15) is 0 Å². The summed E-state index contributed by atoms with van der Waals surface area (Å²) < 4.78 is 32.6. The molecule has 0 heterocycles. The monoisotopic (exact) mass is 550 g/mol. The number of benzene rings is 1. The van der Waals surface area contributed by atoms with Gasteiger partial charge in [-0.25, -0.2) is 0 Å². The normalized spacial score (nSPS) is 17.1. The Morgan fingerprint density at radius 2 is 1.27 bits per heavy atom. The molecule has 192 valence electrons. The molecule has 0 spiro atoms. The molecule has 12 heteroatoms. The molecule has 0 radical (unpaired) electrons. The highest BCUT2D eigenvalue weighted by Gasteiger charge is 2.50. The van der Waals surface area contributed by atoms with Gasteiger partial charge in [0.2, 0.25) is 0 Å². The Balaban J connectivity index is 3.21. The van der Waals surface area contributed by atoms with Crippen molar-refractivity contribution in [1.29, 1.82) is 0 Å². The lowest BCUT2D eigenvalue weighted by Crippen LogP contribution is -2.65. The number of aliphatic hydroxyl groups excluding tert-OH is 1. The molecule has 1 aromatic carbocycles. The molecule has 2 N–H and O–H groups in total. The molecule has 1 rings (SSSR count). The van der Waals surface area contributed by atoms with Gasteiger partial charge in [0, 0.05) is 6.61 Å². The van der Waals surface area contributed by atoms with Crippen LogP contribution in [-0.4, -0.2) is 72.0 Å². The highest BCUT2D eigenvalue weighted by molar-refractivity contribution is 6.95. The fraction of sp³-hybridized carbons (Fsp3) is 0.714. The molecule has 33 heavy (non-hydrogen) atoms. The van der Waals surface area contributed by atoms with Crippen LogP contribution in [0, 0.1) is 0 Å². The smallest absolute Gasteiger partial charge is 0.351 e. The Bertz CT molecular complexity index is 709. The van der Waals surface area contributed by atoms with Crippen molar-refractivity contribution in [2.45, 2.75) is 84.2 Å². The third-order valence-corrected chi connectivity index (χ3v) is 22.5. The fourth-order valence-electron chi connectivity index (χ4n) is 3.97. The molecule has 7 nitrogen and oxygen atoms in total. The molecule has 0 aliphatic heterocycles. The van der Waals surface area contributed by atoms with Crippen LogP contribution in [-0.2, 0) is 21.2 Å². The first-order chi connectivity index (χ1) is 14.9. The Kier molecular flexibility index (Phi) is 11.6. The van der Waals surface area contributed by atoms with Gasteiger partial charge >= 0.3 is 25.7 Å². The van der Waals surface area contributed by atoms with Crippen molar-refractivity contribution in [3.63, 3.8) is 0 Å². The van der Waals surface area contributed by atoms with Gasteiger partial charge in [0.15, 0.2) is 22.9 Å². The van der Waals surface area contributed by atoms with E-state index in [0.717, 1.165) is 11.2 Å². The first-order valence-electron chi connectivity index (χ1n) is 11.6. The lowest BCUT2D eigenvalue weighted by Gasteiger charge is -2.44. The Morgan fingerprint density at radius 3 is 1.76 bits per heavy atom. The summed E-state index contributed by atoms with van der Waals surface area (Å²) >= 11 is 0. The molecular weight excluding hydrogens is 505 g/mol. The molecule has 0 saturated carbocycles. The van der Waals surface area contributed by atoms with Gasteiger partial charge in [-0.05, 0) is 83.1 Å². The van der Waals surface area contributed by atoms with E-state index in [-0.39, 0.29) is 6.61 Å². The van der Waals surface area contributed by atoms with E-state index in [9.17, 15) is 0 Å². The molecule has 0 aliphatic rings. The van der Waals surface area contributed by atoms with Crippen molar-refractivity contribution < 1.29 is 31.4 Å². The van der Waals surface area contributed by atoms with Crippen LogP contribution < -0.4 is 5.19 Å². The summed E-state index contributed by atoms with van der Waals surface area (Å²) in [6.45, 7) is 21.9. The van der Waals surface area contributed by atoms with E-state index < -0.39 is 48.6 Å². The molecule has 0 bridgehead atoms. The summed E-state index contributed by atoms with van der Waals surface area (Å²) in [7, 11) is -11.7. The molecule has 2 atom stereocenters. The fourth-order valence-corrected chi connectivity index (χ4v) is 27.1. The third-order valence-electron chi connectivity index (χ3n) is 4.41. The van der Waals surface area contributed by atoms with Crippen LogP contribution in [0.2, 0.25) is 71.5 Å². The van der Waals surface area contributed by atoms with Gasteiger partial charge in [-0.3, -0.25) is 0 Å². The summed E-state index contributed by atoms with van der Waals surface area (Å²) in [6, 6.07) is 10.9. The average molecular weight is 551 g/mol. The van der Waals surface area contributed by atoms with E-state index in [1.54, 1.807) is 0 Å². The SMILES string of the molecule is C[Si](C)(C)O[Si](C)(C)O[Si](C)(O[Si](C)(CCCOCC(O)O)O[Si](C)(C)C)c1ccccc1. The molecular formula is C21H46O7Si5. The maximum atomic E-state index is 9.01. The second-order valence-electron chi connectivity index (χ2n) is 11.1. The van der Waals surface area contributed by atoms with Crippen LogP contribution >= 0.6 is 0 Å². The van der Waals surface area contributed by atoms with Crippen molar-refractivity contribution in [2.24, 2.45) is 0 Å². The Hall–Kier alpha value is 0.0244. The second kappa shape index (κ2) is 12.3. The zero-order valence-corrected chi connectivity index (χ0v) is 27.2. The molecule has 0 amide bonds. The number of hydrogen-bond acceptors (Lipinski definition) is 7. The first-order valence-corrected chi connectivity index (χ1v) is 26.1. The highest BCUT2D eigenvalue weighted by Crippen LogP contribution is 2.29. The largest absolute Gasteiger partial charge is 0.437 e. The van der Waals surface area contributed by atoms with Gasteiger partial charge in [-0.1, -0.05) is 30.3 Å². The van der Waals surface area contributed by atoms with Crippen LogP contribution in [0.3, 0.4) is 0 Å². The topological polar surface area (TPSA) is 86.6 Å². The third kappa shape index (κ3) is 13.1. The molecule has 0 fully saturated rings. The van der Waals surface area contributed by atoms with E-state index in [0.29, 0.717) is 13.0 Å². The summed E-state index contributed by atoms with van der Waals surface area (Å²) in [5.41, 5.74) is 0. The predicted molar refractivity (Wildman–Crippen MR) is 146 cm³/mol. The van der Waals surface area contributed by atoms with Crippen molar-refractivity contribution in [3.8, 4) is 0 Å². The van der Waals surface area contributed by atoms with E-state index in [4.69, 9.17) is 31.4 Å². The van der Waals surface area contributed by atoms with Gasteiger partial charge in [0.25, 0.3) is 0 Å². The quantitative estimate of drug-likeness (QED) is 0.192. The zero-order valence-electron chi connectivity index (χ0n) is 22.2. The van der Waals surface area contributed by atoms with E-state index in [1.807, 2.05) is 18.2 Å². The van der Waals surface area contributed by atoms with Crippen molar-refractivity contribution in [1.82, 2.24) is 0 Å².